The molecule has 0 saturated carbocycles. The summed E-state index contributed by atoms with van der Waals surface area (Å²) in [6.45, 7) is 0.929. The molecule has 2 heterocycles. The molecule has 0 aromatic heterocycles. The molecule has 3 rings (SSSR count). The number of carbonyl (C=O) groups excluding carboxylic acids is 1. The van der Waals surface area contributed by atoms with Crippen molar-refractivity contribution in [1.29, 1.82) is 0 Å². The summed E-state index contributed by atoms with van der Waals surface area (Å²) in [7, 11) is 0. The summed E-state index contributed by atoms with van der Waals surface area (Å²) >= 11 is 8.08. The Balaban J connectivity index is 1.70. The minimum Gasteiger partial charge on any atom is -0.337 e. The Labute approximate surface area is 110 Å². The monoisotopic (exact) mass is 267 g/mol. The van der Waals surface area contributed by atoms with Crippen LogP contribution in [0.4, 0.5) is 0 Å². The second-order valence-electron chi connectivity index (χ2n) is 4.66. The van der Waals surface area contributed by atoms with E-state index in [0.717, 1.165) is 17.9 Å². The lowest BCUT2D eigenvalue weighted by Gasteiger charge is -2.26. The molecule has 1 aromatic carbocycles. The second kappa shape index (κ2) is 4.54. The highest BCUT2D eigenvalue weighted by Crippen LogP contribution is 2.37. The minimum atomic E-state index is 0.228. The molecule has 90 valence electrons. The molecule has 2 saturated heterocycles. The maximum absolute atomic E-state index is 12.2. The van der Waals surface area contributed by atoms with E-state index in [1.807, 2.05) is 40.9 Å². The summed E-state index contributed by atoms with van der Waals surface area (Å²) in [5.41, 5.74) is 0.939. The van der Waals surface area contributed by atoms with E-state index < -0.39 is 0 Å². The average molecular weight is 268 g/mol. The zero-order valence-electron chi connectivity index (χ0n) is 9.43. The lowest BCUT2D eigenvalue weighted by Crippen LogP contribution is -2.40. The van der Waals surface area contributed by atoms with Gasteiger partial charge in [0.15, 0.2) is 0 Å². The number of rotatable bonds is 2. The first-order valence-electron chi connectivity index (χ1n) is 5.88. The third-order valence-corrected chi connectivity index (χ3v) is 5.28. The highest BCUT2D eigenvalue weighted by molar-refractivity contribution is 8.00. The molecular weight excluding hydrogens is 254 g/mol. The third-order valence-electron chi connectivity index (χ3n) is 3.52. The standard InChI is InChI=1S/C13H14ClNOS/c14-12-4-2-1-3-9(12)5-13(16)15-7-11-6-10(15)8-17-11/h1-4,10-11H,5-8H2/t10-,11+/m0/s1. The van der Waals surface area contributed by atoms with Crippen LogP contribution in [-0.4, -0.2) is 34.4 Å². The molecule has 1 amide bonds. The van der Waals surface area contributed by atoms with Crippen LogP contribution in [-0.2, 0) is 11.2 Å². The normalized spacial score (nSPS) is 26.5. The van der Waals surface area contributed by atoms with Gasteiger partial charge in [-0.1, -0.05) is 29.8 Å². The van der Waals surface area contributed by atoms with E-state index in [0.29, 0.717) is 22.7 Å². The van der Waals surface area contributed by atoms with Crippen LogP contribution in [0, 0.1) is 0 Å². The average Bonchev–Trinajstić information content (AvgIpc) is 2.94. The van der Waals surface area contributed by atoms with Crippen LogP contribution in [0.5, 0.6) is 0 Å². The molecule has 1 aromatic rings. The van der Waals surface area contributed by atoms with Crippen LogP contribution in [0.25, 0.3) is 0 Å². The summed E-state index contributed by atoms with van der Waals surface area (Å²) in [5.74, 6) is 1.34. The van der Waals surface area contributed by atoms with Crippen LogP contribution >= 0.6 is 23.4 Å². The number of fused-ring (bicyclic) bond motifs is 2. The van der Waals surface area contributed by atoms with Crippen molar-refractivity contribution in [2.45, 2.75) is 24.1 Å². The topological polar surface area (TPSA) is 20.3 Å². The van der Waals surface area contributed by atoms with Gasteiger partial charge in [0.2, 0.25) is 5.91 Å². The molecule has 0 spiro atoms. The Morgan fingerprint density at radius 1 is 1.47 bits per heavy atom. The molecule has 2 aliphatic rings. The summed E-state index contributed by atoms with van der Waals surface area (Å²) in [4.78, 5) is 14.3. The lowest BCUT2D eigenvalue weighted by atomic mass is 10.1. The van der Waals surface area contributed by atoms with E-state index in [1.54, 1.807) is 0 Å². The van der Waals surface area contributed by atoms with E-state index in [2.05, 4.69) is 0 Å². The Hall–Kier alpha value is -0.670. The highest BCUT2D eigenvalue weighted by atomic mass is 35.5. The van der Waals surface area contributed by atoms with Crippen molar-refractivity contribution >= 4 is 29.3 Å². The summed E-state index contributed by atoms with van der Waals surface area (Å²) in [5, 5.41) is 1.37. The summed E-state index contributed by atoms with van der Waals surface area (Å²) < 4.78 is 0. The van der Waals surface area contributed by atoms with Crippen LogP contribution in [0.3, 0.4) is 0 Å². The number of benzene rings is 1. The van der Waals surface area contributed by atoms with Crippen LogP contribution in [0.2, 0.25) is 5.02 Å². The van der Waals surface area contributed by atoms with Gasteiger partial charge < -0.3 is 4.90 Å². The molecule has 2 nitrogen and oxygen atoms in total. The molecule has 0 radical (unpaired) electrons. The number of thioether (sulfide) groups is 1. The molecule has 0 unspecified atom stereocenters. The van der Waals surface area contributed by atoms with Crippen molar-refractivity contribution in [2.24, 2.45) is 0 Å². The Bertz CT molecular complexity index is 451. The first-order chi connectivity index (χ1) is 8.24. The largest absolute Gasteiger partial charge is 0.337 e. The van der Waals surface area contributed by atoms with Gasteiger partial charge in [-0.15, -0.1) is 0 Å². The summed E-state index contributed by atoms with van der Waals surface area (Å²) in [6.07, 6.45) is 1.62. The quantitative estimate of drug-likeness (QED) is 0.821. The van der Waals surface area contributed by atoms with E-state index in [4.69, 9.17) is 11.6 Å². The van der Waals surface area contributed by atoms with Gasteiger partial charge in [-0.25, -0.2) is 0 Å². The maximum atomic E-state index is 12.2. The fraction of sp³-hybridized carbons (Fsp3) is 0.462. The number of halogens is 1. The first kappa shape index (κ1) is 11.4. The van der Waals surface area contributed by atoms with Crippen molar-refractivity contribution < 1.29 is 4.79 Å². The smallest absolute Gasteiger partial charge is 0.227 e. The number of hydrogen-bond donors (Lipinski definition) is 0. The zero-order chi connectivity index (χ0) is 11.8. The van der Waals surface area contributed by atoms with Crippen LogP contribution in [0.15, 0.2) is 24.3 Å². The van der Waals surface area contributed by atoms with Gasteiger partial charge in [0.1, 0.15) is 0 Å². The van der Waals surface area contributed by atoms with Gasteiger partial charge >= 0.3 is 0 Å². The van der Waals surface area contributed by atoms with E-state index in [9.17, 15) is 4.79 Å². The molecule has 4 heteroatoms. The molecule has 2 fully saturated rings. The van der Waals surface area contributed by atoms with E-state index in [-0.39, 0.29) is 5.91 Å². The van der Waals surface area contributed by atoms with Crippen molar-refractivity contribution in [3.63, 3.8) is 0 Å². The molecule has 2 atom stereocenters. The van der Waals surface area contributed by atoms with E-state index in [1.165, 1.54) is 6.42 Å². The van der Waals surface area contributed by atoms with Crippen LogP contribution in [0.1, 0.15) is 12.0 Å². The molecular formula is C13H14ClNOS. The highest BCUT2D eigenvalue weighted by Gasteiger charge is 2.40. The Morgan fingerprint density at radius 2 is 2.29 bits per heavy atom. The molecule has 0 aliphatic carbocycles. The number of likely N-dealkylation sites (tertiary alicyclic amines) is 1. The Kier molecular flexibility index (Phi) is 3.05. The van der Waals surface area contributed by atoms with Crippen molar-refractivity contribution in [3.8, 4) is 0 Å². The SMILES string of the molecule is O=C(Cc1ccccc1Cl)N1C[C@H]2C[C@H]1CS2. The van der Waals surface area contributed by atoms with Crippen molar-refractivity contribution in [1.82, 2.24) is 4.90 Å². The fourth-order valence-electron chi connectivity index (χ4n) is 2.61. The molecule has 17 heavy (non-hydrogen) atoms. The van der Waals surface area contributed by atoms with Gasteiger partial charge in [-0.2, -0.15) is 11.8 Å². The number of hydrogen-bond acceptors (Lipinski definition) is 2. The molecule has 2 aliphatic heterocycles. The van der Waals surface area contributed by atoms with Gasteiger partial charge in [0.05, 0.1) is 6.42 Å². The predicted octanol–water partition coefficient (Wildman–Crippen LogP) is 2.60. The molecule has 2 bridgehead atoms. The van der Waals surface area contributed by atoms with Gasteiger partial charge in [0, 0.05) is 28.6 Å². The number of amides is 1. The predicted molar refractivity (Wildman–Crippen MR) is 71.5 cm³/mol. The first-order valence-corrected chi connectivity index (χ1v) is 7.31. The number of carbonyl (C=O) groups is 1. The van der Waals surface area contributed by atoms with E-state index >= 15 is 0 Å². The number of nitrogens with zero attached hydrogens (tertiary/aromatic N) is 1. The maximum Gasteiger partial charge on any atom is 0.227 e. The fourth-order valence-corrected chi connectivity index (χ4v) is 4.25. The van der Waals surface area contributed by atoms with Gasteiger partial charge in [-0.3, -0.25) is 4.79 Å². The van der Waals surface area contributed by atoms with Gasteiger partial charge in [-0.05, 0) is 18.1 Å². The second-order valence-corrected chi connectivity index (χ2v) is 6.40. The van der Waals surface area contributed by atoms with Crippen molar-refractivity contribution in [3.05, 3.63) is 34.9 Å². The third kappa shape index (κ3) is 2.18. The van der Waals surface area contributed by atoms with Gasteiger partial charge in [0.25, 0.3) is 0 Å². The van der Waals surface area contributed by atoms with Crippen molar-refractivity contribution in [2.75, 3.05) is 12.3 Å². The Morgan fingerprint density at radius 3 is 2.94 bits per heavy atom. The summed E-state index contributed by atoms with van der Waals surface area (Å²) in [6, 6.07) is 8.07. The zero-order valence-corrected chi connectivity index (χ0v) is 11.0. The van der Waals surface area contributed by atoms with Crippen LogP contribution < -0.4 is 0 Å². The lowest BCUT2D eigenvalue weighted by molar-refractivity contribution is -0.130. The minimum absolute atomic E-state index is 0.228. The molecule has 0 N–H and O–H groups in total.